The lowest BCUT2D eigenvalue weighted by Crippen LogP contribution is -2.15. The fourth-order valence-corrected chi connectivity index (χ4v) is 2.70. The lowest BCUT2D eigenvalue weighted by Gasteiger charge is -2.10. The minimum absolute atomic E-state index is 0.0178. The Morgan fingerprint density at radius 1 is 1.14 bits per heavy atom. The Morgan fingerprint density at radius 2 is 1.86 bits per heavy atom. The van der Waals surface area contributed by atoms with Gasteiger partial charge in [0.15, 0.2) is 0 Å². The SMILES string of the molecule is Cc1cccc(NC(=O)CSCc2ccc(F)cc2)c1C. The molecule has 0 bridgehead atoms. The van der Waals surface area contributed by atoms with Crippen LogP contribution in [0.4, 0.5) is 10.1 Å². The van der Waals surface area contributed by atoms with Crippen molar-refractivity contribution in [2.45, 2.75) is 19.6 Å². The van der Waals surface area contributed by atoms with E-state index in [1.165, 1.54) is 23.9 Å². The third-order valence-corrected chi connectivity index (χ3v) is 4.30. The molecular weight excluding hydrogens is 285 g/mol. The van der Waals surface area contributed by atoms with Gasteiger partial charge in [0.1, 0.15) is 5.82 Å². The van der Waals surface area contributed by atoms with Crippen molar-refractivity contribution < 1.29 is 9.18 Å². The average Bonchev–Trinajstić information content (AvgIpc) is 2.46. The maximum atomic E-state index is 12.8. The predicted molar refractivity (Wildman–Crippen MR) is 87.1 cm³/mol. The van der Waals surface area contributed by atoms with Crippen molar-refractivity contribution >= 4 is 23.4 Å². The van der Waals surface area contributed by atoms with E-state index in [-0.39, 0.29) is 11.7 Å². The summed E-state index contributed by atoms with van der Waals surface area (Å²) in [6.07, 6.45) is 0. The molecular formula is C17H18FNOS. The second kappa shape index (κ2) is 7.27. The molecule has 0 spiro atoms. The summed E-state index contributed by atoms with van der Waals surface area (Å²) in [5.74, 6) is 0.817. The highest BCUT2D eigenvalue weighted by molar-refractivity contribution is 7.99. The third-order valence-electron chi connectivity index (χ3n) is 3.29. The molecule has 0 atom stereocenters. The summed E-state index contributed by atoms with van der Waals surface area (Å²) >= 11 is 1.52. The molecule has 0 heterocycles. The van der Waals surface area contributed by atoms with Gasteiger partial charge in [-0.05, 0) is 48.7 Å². The molecule has 0 saturated heterocycles. The maximum absolute atomic E-state index is 12.8. The molecule has 1 amide bonds. The second-order valence-electron chi connectivity index (χ2n) is 4.91. The van der Waals surface area contributed by atoms with Crippen LogP contribution in [0.25, 0.3) is 0 Å². The van der Waals surface area contributed by atoms with Gasteiger partial charge in [0.2, 0.25) is 5.91 Å². The normalized spacial score (nSPS) is 10.4. The number of nitrogens with one attached hydrogen (secondary N) is 1. The zero-order valence-electron chi connectivity index (χ0n) is 12.2. The number of hydrogen-bond donors (Lipinski definition) is 1. The van der Waals surface area contributed by atoms with Gasteiger partial charge in [0.05, 0.1) is 5.75 Å². The summed E-state index contributed by atoms with van der Waals surface area (Å²) in [7, 11) is 0. The Balaban J connectivity index is 1.82. The Labute approximate surface area is 128 Å². The molecule has 0 fully saturated rings. The van der Waals surface area contributed by atoms with Crippen molar-refractivity contribution in [3.05, 3.63) is 65.0 Å². The minimum atomic E-state index is -0.239. The Hall–Kier alpha value is -1.81. The van der Waals surface area contributed by atoms with Gasteiger partial charge in [-0.25, -0.2) is 4.39 Å². The highest BCUT2D eigenvalue weighted by Crippen LogP contribution is 2.19. The quantitative estimate of drug-likeness (QED) is 0.891. The predicted octanol–water partition coefficient (Wildman–Crippen LogP) is 4.31. The van der Waals surface area contributed by atoms with Crippen LogP contribution in [0.1, 0.15) is 16.7 Å². The number of carbonyl (C=O) groups excluding carboxylic acids is 1. The van der Waals surface area contributed by atoms with E-state index in [4.69, 9.17) is 0 Å². The number of amides is 1. The highest BCUT2D eigenvalue weighted by Gasteiger charge is 2.06. The number of aryl methyl sites for hydroxylation is 1. The fourth-order valence-electron chi connectivity index (χ4n) is 1.92. The summed E-state index contributed by atoms with van der Waals surface area (Å²) in [4.78, 5) is 11.9. The van der Waals surface area contributed by atoms with Crippen LogP contribution >= 0.6 is 11.8 Å². The molecule has 0 aromatic heterocycles. The standard InChI is InChI=1S/C17H18FNOS/c1-12-4-3-5-16(13(12)2)19-17(20)11-21-10-14-6-8-15(18)9-7-14/h3-9H,10-11H2,1-2H3,(H,19,20). The van der Waals surface area contributed by atoms with E-state index >= 15 is 0 Å². The molecule has 2 rings (SSSR count). The van der Waals surface area contributed by atoms with Gasteiger partial charge < -0.3 is 5.32 Å². The molecule has 0 aliphatic carbocycles. The molecule has 2 aromatic rings. The summed E-state index contributed by atoms with van der Waals surface area (Å²) in [5.41, 5.74) is 4.13. The van der Waals surface area contributed by atoms with E-state index in [9.17, 15) is 9.18 Å². The van der Waals surface area contributed by atoms with E-state index in [0.29, 0.717) is 11.5 Å². The molecule has 2 nitrogen and oxygen atoms in total. The van der Waals surface area contributed by atoms with Gasteiger partial charge in [-0.3, -0.25) is 4.79 Å². The summed E-state index contributed by atoms with van der Waals surface area (Å²) in [6.45, 7) is 4.02. The number of hydrogen-bond acceptors (Lipinski definition) is 2. The number of anilines is 1. The van der Waals surface area contributed by atoms with Crippen LogP contribution in [0.5, 0.6) is 0 Å². The zero-order valence-corrected chi connectivity index (χ0v) is 13.0. The van der Waals surface area contributed by atoms with E-state index in [0.717, 1.165) is 22.4 Å². The van der Waals surface area contributed by atoms with Gasteiger partial charge in [0.25, 0.3) is 0 Å². The molecule has 0 unspecified atom stereocenters. The molecule has 0 saturated carbocycles. The number of rotatable bonds is 5. The topological polar surface area (TPSA) is 29.1 Å². The highest BCUT2D eigenvalue weighted by atomic mass is 32.2. The van der Waals surface area contributed by atoms with Crippen molar-refractivity contribution in [3.63, 3.8) is 0 Å². The molecule has 1 N–H and O–H groups in total. The first kappa shape index (κ1) is 15.6. The summed E-state index contributed by atoms with van der Waals surface area (Å²) in [6, 6.07) is 12.2. The minimum Gasteiger partial charge on any atom is -0.325 e. The summed E-state index contributed by atoms with van der Waals surface area (Å²) in [5, 5.41) is 2.93. The van der Waals surface area contributed by atoms with Crippen molar-refractivity contribution in [2.24, 2.45) is 0 Å². The monoisotopic (exact) mass is 303 g/mol. The average molecular weight is 303 g/mol. The first-order valence-electron chi connectivity index (χ1n) is 6.74. The maximum Gasteiger partial charge on any atom is 0.234 e. The van der Waals surface area contributed by atoms with Crippen molar-refractivity contribution in [2.75, 3.05) is 11.1 Å². The third kappa shape index (κ3) is 4.60. The molecule has 4 heteroatoms. The van der Waals surface area contributed by atoms with Crippen LogP contribution in [0.2, 0.25) is 0 Å². The first-order valence-corrected chi connectivity index (χ1v) is 7.90. The van der Waals surface area contributed by atoms with Crippen molar-refractivity contribution in [3.8, 4) is 0 Å². The molecule has 2 aromatic carbocycles. The molecule has 0 aliphatic rings. The smallest absolute Gasteiger partial charge is 0.234 e. The number of thioether (sulfide) groups is 1. The lowest BCUT2D eigenvalue weighted by molar-refractivity contribution is -0.113. The van der Waals surface area contributed by atoms with Crippen LogP contribution < -0.4 is 5.32 Å². The number of benzene rings is 2. The Bertz CT molecular complexity index is 625. The van der Waals surface area contributed by atoms with Crippen molar-refractivity contribution in [1.82, 2.24) is 0 Å². The molecule has 0 aliphatic heterocycles. The molecule has 21 heavy (non-hydrogen) atoms. The largest absolute Gasteiger partial charge is 0.325 e. The summed E-state index contributed by atoms with van der Waals surface area (Å²) < 4.78 is 12.8. The van der Waals surface area contributed by atoms with Gasteiger partial charge in [-0.15, -0.1) is 11.8 Å². The van der Waals surface area contributed by atoms with Crippen molar-refractivity contribution in [1.29, 1.82) is 0 Å². The lowest BCUT2D eigenvalue weighted by atomic mass is 10.1. The van der Waals surface area contributed by atoms with Crippen LogP contribution in [0.15, 0.2) is 42.5 Å². The van der Waals surface area contributed by atoms with Crippen LogP contribution in [-0.2, 0) is 10.5 Å². The zero-order chi connectivity index (χ0) is 15.2. The van der Waals surface area contributed by atoms with Crippen LogP contribution in [0, 0.1) is 19.7 Å². The molecule has 0 radical (unpaired) electrons. The van der Waals surface area contributed by atoms with Gasteiger partial charge >= 0.3 is 0 Å². The first-order chi connectivity index (χ1) is 10.1. The van der Waals surface area contributed by atoms with E-state index < -0.39 is 0 Å². The van der Waals surface area contributed by atoms with Crippen LogP contribution in [-0.4, -0.2) is 11.7 Å². The Kier molecular flexibility index (Phi) is 5.39. The van der Waals surface area contributed by atoms with Gasteiger partial charge in [-0.1, -0.05) is 24.3 Å². The number of carbonyl (C=O) groups is 1. The van der Waals surface area contributed by atoms with Gasteiger partial charge in [-0.2, -0.15) is 0 Å². The van der Waals surface area contributed by atoms with E-state index in [1.54, 1.807) is 12.1 Å². The van der Waals surface area contributed by atoms with E-state index in [1.807, 2.05) is 32.0 Å². The molecule has 110 valence electrons. The van der Waals surface area contributed by atoms with Crippen LogP contribution in [0.3, 0.4) is 0 Å². The number of halogens is 1. The Morgan fingerprint density at radius 3 is 2.57 bits per heavy atom. The fraction of sp³-hybridized carbons (Fsp3) is 0.235. The second-order valence-corrected chi connectivity index (χ2v) is 5.90. The van der Waals surface area contributed by atoms with Gasteiger partial charge in [0, 0.05) is 11.4 Å². The van der Waals surface area contributed by atoms with E-state index in [2.05, 4.69) is 5.32 Å².